The fourth-order valence-corrected chi connectivity index (χ4v) is 2.99. The third-order valence-corrected chi connectivity index (χ3v) is 4.43. The Hall–Kier alpha value is -3.08. The highest BCUT2D eigenvalue weighted by Crippen LogP contribution is 2.18. The van der Waals surface area contributed by atoms with E-state index in [1.54, 1.807) is 13.3 Å². The molecule has 1 aromatic heterocycles. The summed E-state index contributed by atoms with van der Waals surface area (Å²) in [5.74, 6) is 2.49. The van der Waals surface area contributed by atoms with Crippen LogP contribution in [0, 0.1) is 0 Å². The Labute approximate surface area is 161 Å². The molecule has 0 radical (unpaired) electrons. The third kappa shape index (κ3) is 5.20. The first-order valence-electron chi connectivity index (χ1n) is 9.28. The summed E-state index contributed by atoms with van der Waals surface area (Å²) in [5.41, 5.74) is 2.44. The minimum Gasteiger partial charge on any atom is -0.496 e. The van der Waals surface area contributed by atoms with Gasteiger partial charge in [-0.15, -0.1) is 0 Å². The number of aromatic nitrogens is 2. The molecule has 27 heavy (non-hydrogen) atoms. The Bertz CT molecular complexity index is 838. The Morgan fingerprint density at radius 1 is 1.00 bits per heavy atom. The van der Waals surface area contributed by atoms with Crippen LogP contribution >= 0.6 is 0 Å². The molecule has 0 fully saturated rings. The van der Waals surface area contributed by atoms with Gasteiger partial charge in [0, 0.05) is 25.8 Å². The van der Waals surface area contributed by atoms with Gasteiger partial charge in [0.1, 0.15) is 11.6 Å². The van der Waals surface area contributed by atoms with Crippen LogP contribution in [0.5, 0.6) is 5.75 Å². The van der Waals surface area contributed by atoms with E-state index in [0.29, 0.717) is 5.95 Å². The van der Waals surface area contributed by atoms with Gasteiger partial charge in [0.05, 0.1) is 7.11 Å². The molecule has 1 N–H and O–H groups in total. The van der Waals surface area contributed by atoms with Crippen molar-refractivity contribution in [2.45, 2.75) is 19.9 Å². The van der Waals surface area contributed by atoms with Crippen molar-refractivity contribution < 1.29 is 4.74 Å². The molecule has 3 rings (SSSR count). The first kappa shape index (κ1) is 18.7. The minimum absolute atomic E-state index is 0.647. The lowest BCUT2D eigenvalue weighted by Crippen LogP contribution is -2.23. The summed E-state index contributed by atoms with van der Waals surface area (Å²) in [4.78, 5) is 11.3. The molecule has 0 bridgehead atoms. The summed E-state index contributed by atoms with van der Waals surface area (Å²) in [5, 5.41) is 3.32. The lowest BCUT2D eigenvalue weighted by Gasteiger charge is -2.22. The highest BCUT2D eigenvalue weighted by Gasteiger charge is 2.08. The fourth-order valence-electron chi connectivity index (χ4n) is 2.99. The molecule has 3 aromatic rings. The highest BCUT2D eigenvalue weighted by atomic mass is 16.5. The van der Waals surface area contributed by atoms with Crippen molar-refractivity contribution in [3.05, 3.63) is 78.0 Å². The van der Waals surface area contributed by atoms with Crippen molar-refractivity contribution in [1.29, 1.82) is 0 Å². The van der Waals surface area contributed by atoms with Crippen molar-refractivity contribution in [3.8, 4) is 5.75 Å². The van der Waals surface area contributed by atoms with Gasteiger partial charge in [0.25, 0.3) is 0 Å². The van der Waals surface area contributed by atoms with Crippen LogP contribution in [0.25, 0.3) is 0 Å². The molecule has 0 saturated heterocycles. The van der Waals surface area contributed by atoms with Crippen LogP contribution in [0.4, 0.5) is 11.8 Å². The van der Waals surface area contributed by atoms with E-state index < -0.39 is 0 Å². The van der Waals surface area contributed by atoms with Crippen LogP contribution in [-0.4, -0.2) is 30.2 Å². The van der Waals surface area contributed by atoms with E-state index in [1.807, 2.05) is 30.3 Å². The van der Waals surface area contributed by atoms with Gasteiger partial charge in [-0.05, 0) is 36.6 Å². The molecule has 0 saturated carbocycles. The average molecular weight is 362 g/mol. The zero-order valence-corrected chi connectivity index (χ0v) is 15.9. The average Bonchev–Trinajstić information content (AvgIpc) is 2.73. The van der Waals surface area contributed by atoms with Crippen LogP contribution < -0.4 is 15.0 Å². The number of para-hydroxylation sites is 1. The zero-order chi connectivity index (χ0) is 18.9. The number of nitrogens with one attached hydrogen (secondary N) is 1. The van der Waals surface area contributed by atoms with Crippen molar-refractivity contribution in [1.82, 2.24) is 9.97 Å². The Morgan fingerprint density at radius 2 is 1.78 bits per heavy atom. The van der Waals surface area contributed by atoms with Gasteiger partial charge in [0.2, 0.25) is 5.95 Å². The van der Waals surface area contributed by atoms with E-state index in [0.717, 1.165) is 37.6 Å². The lowest BCUT2D eigenvalue weighted by atomic mass is 10.1. The van der Waals surface area contributed by atoms with Crippen molar-refractivity contribution in [2.75, 3.05) is 30.4 Å². The van der Waals surface area contributed by atoms with Crippen LogP contribution in [0.15, 0.2) is 66.9 Å². The predicted molar refractivity (Wildman–Crippen MR) is 110 cm³/mol. The molecule has 0 spiro atoms. The SMILES string of the molecule is CCN(Cc1ccccc1)c1ccnc(NCCc2ccccc2OC)n1. The number of methoxy groups -OCH3 is 1. The van der Waals surface area contributed by atoms with E-state index in [9.17, 15) is 0 Å². The second-order valence-electron chi connectivity index (χ2n) is 6.23. The molecular weight excluding hydrogens is 336 g/mol. The van der Waals surface area contributed by atoms with Gasteiger partial charge in [-0.3, -0.25) is 0 Å². The molecule has 140 valence electrons. The maximum absolute atomic E-state index is 5.40. The smallest absolute Gasteiger partial charge is 0.224 e. The van der Waals surface area contributed by atoms with Crippen LogP contribution in [0.2, 0.25) is 0 Å². The van der Waals surface area contributed by atoms with Gasteiger partial charge in [0.15, 0.2) is 0 Å². The van der Waals surface area contributed by atoms with Crippen molar-refractivity contribution >= 4 is 11.8 Å². The second-order valence-corrected chi connectivity index (χ2v) is 6.23. The van der Waals surface area contributed by atoms with Crippen LogP contribution in [0.1, 0.15) is 18.1 Å². The van der Waals surface area contributed by atoms with Gasteiger partial charge in [-0.1, -0.05) is 48.5 Å². The summed E-state index contributed by atoms with van der Waals surface area (Å²) in [6.45, 7) is 4.59. The normalized spacial score (nSPS) is 10.4. The first-order chi connectivity index (χ1) is 13.3. The quantitative estimate of drug-likeness (QED) is 0.619. The summed E-state index contributed by atoms with van der Waals surface area (Å²) in [6.07, 6.45) is 2.65. The number of ether oxygens (including phenoxy) is 1. The topological polar surface area (TPSA) is 50.3 Å². The Kier molecular flexibility index (Phi) is 6.63. The molecule has 0 aliphatic rings. The van der Waals surface area contributed by atoms with E-state index in [4.69, 9.17) is 4.74 Å². The Balaban J connectivity index is 1.62. The zero-order valence-electron chi connectivity index (χ0n) is 15.9. The van der Waals surface area contributed by atoms with E-state index in [1.165, 1.54) is 11.1 Å². The maximum Gasteiger partial charge on any atom is 0.224 e. The van der Waals surface area contributed by atoms with Gasteiger partial charge in [-0.2, -0.15) is 4.98 Å². The lowest BCUT2D eigenvalue weighted by molar-refractivity contribution is 0.410. The maximum atomic E-state index is 5.40. The molecule has 1 heterocycles. The predicted octanol–water partition coefficient (Wildman–Crippen LogP) is 4.17. The molecule has 0 atom stereocenters. The minimum atomic E-state index is 0.647. The number of hydrogen-bond acceptors (Lipinski definition) is 5. The molecule has 0 aliphatic heterocycles. The van der Waals surface area contributed by atoms with E-state index >= 15 is 0 Å². The largest absolute Gasteiger partial charge is 0.496 e. The van der Waals surface area contributed by atoms with E-state index in [-0.39, 0.29) is 0 Å². The van der Waals surface area contributed by atoms with E-state index in [2.05, 4.69) is 57.4 Å². The van der Waals surface area contributed by atoms with Crippen LogP contribution in [0.3, 0.4) is 0 Å². The summed E-state index contributed by atoms with van der Waals surface area (Å²) < 4.78 is 5.40. The summed E-state index contributed by atoms with van der Waals surface area (Å²) >= 11 is 0. The van der Waals surface area contributed by atoms with Gasteiger partial charge < -0.3 is 15.0 Å². The molecule has 0 amide bonds. The number of benzene rings is 2. The molecule has 0 unspecified atom stereocenters. The summed E-state index contributed by atoms with van der Waals surface area (Å²) in [7, 11) is 1.70. The van der Waals surface area contributed by atoms with Crippen molar-refractivity contribution in [2.24, 2.45) is 0 Å². The Morgan fingerprint density at radius 3 is 2.56 bits per heavy atom. The number of hydrogen-bond donors (Lipinski definition) is 1. The number of rotatable bonds is 9. The second kappa shape index (κ2) is 9.57. The standard InChI is InChI=1S/C22H26N4O/c1-3-26(17-18-9-5-4-6-10-18)21-14-16-24-22(25-21)23-15-13-19-11-7-8-12-20(19)27-2/h4-12,14,16H,3,13,15,17H2,1-2H3,(H,23,24,25). The molecule has 5 heteroatoms. The van der Waals surface area contributed by atoms with Gasteiger partial charge >= 0.3 is 0 Å². The molecule has 0 aliphatic carbocycles. The molecular formula is C22H26N4O. The van der Waals surface area contributed by atoms with Crippen molar-refractivity contribution in [3.63, 3.8) is 0 Å². The van der Waals surface area contributed by atoms with Gasteiger partial charge in [-0.25, -0.2) is 4.98 Å². The monoisotopic (exact) mass is 362 g/mol. The number of anilines is 2. The highest BCUT2D eigenvalue weighted by molar-refractivity contribution is 5.43. The first-order valence-corrected chi connectivity index (χ1v) is 9.28. The van der Waals surface area contributed by atoms with Crippen LogP contribution in [-0.2, 0) is 13.0 Å². The summed E-state index contributed by atoms with van der Waals surface area (Å²) in [6, 6.07) is 20.5. The molecule has 5 nitrogen and oxygen atoms in total. The number of nitrogens with zero attached hydrogens (tertiary/aromatic N) is 3. The third-order valence-electron chi connectivity index (χ3n) is 4.43. The fraction of sp³-hybridized carbons (Fsp3) is 0.273. The molecule has 2 aromatic carbocycles.